The number of urea groups is 2. The SMILES string of the molecule is Cc1cc(C[C@@H](NC(=O)N2CCC(N3Cc4ccsc4NC3=O)CC2)C(=O)N2CCC(N3CCCC3)CC2)cc(Cl)c1N. The van der Waals surface area contributed by atoms with Crippen LogP contribution < -0.4 is 16.4 Å². The number of likely N-dealkylation sites (tertiary alicyclic amines) is 3. The maximum Gasteiger partial charge on any atom is 0.323 e. The number of nitrogens with two attached hydrogens (primary N) is 1. The normalized spacial score (nSPS) is 21.1. The van der Waals surface area contributed by atoms with E-state index >= 15 is 0 Å². The van der Waals surface area contributed by atoms with E-state index in [1.165, 1.54) is 12.8 Å². The molecule has 1 aromatic heterocycles. The summed E-state index contributed by atoms with van der Waals surface area (Å²) in [6.07, 6.45) is 6.16. The minimum atomic E-state index is -0.711. The third-order valence-electron chi connectivity index (χ3n) is 9.63. The molecule has 0 unspecified atom stereocenters. The van der Waals surface area contributed by atoms with E-state index in [2.05, 4.69) is 21.6 Å². The van der Waals surface area contributed by atoms with Gasteiger partial charge in [-0.25, -0.2) is 9.59 Å². The Labute approximate surface area is 262 Å². The molecule has 0 bridgehead atoms. The second-order valence-electron chi connectivity index (χ2n) is 12.4. The third-order valence-corrected chi connectivity index (χ3v) is 10.8. The molecule has 0 saturated carbocycles. The Kier molecular flexibility index (Phi) is 9.02. The van der Waals surface area contributed by atoms with Gasteiger partial charge in [0.25, 0.3) is 0 Å². The summed E-state index contributed by atoms with van der Waals surface area (Å²) in [4.78, 5) is 48.4. The number of aryl methyl sites for hydroxylation is 1. The Morgan fingerprint density at radius 1 is 1.05 bits per heavy atom. The number of thiophene rings is 1. The molecule has 1 atom stereocenters. The summed E-state index contributed by atoms with van der Waals surface area (Å²) in [5.74, 6) is -0.0507. The molecule has 4 N–H and O–H groups in total. The van der Waals surface area contributed by atoms with E-state index < -0.39 is 6.04 Å². The molecule has 3 saturated heterocycles. The average molecular weight is 628 g/mol. The number of fused-ring (bicyclic) bond motifs is 1. The van der Waals surface area contributed by atoms with Crippen molar-refractivity contribution in [3.8, 4) is 0 Å². The Morgan fingerprint density at radius 3 is 2.42 bits per heavy atom. The molecule has 232 valence electrons. The molecule has 6 rings (SSSR count). The number of benzene rings is 1. The zero-order valence-electron chi connectivity index (χ0n) is 24.8. The summed E-state index contributed by atoms with van der Waals surface area (Å²) in [5.41, 5.74) is 9.46. The van der Waals surface area contributed by atoms with E-state index in [0.717, 1.165) is 47.6 Å². The van der Waals surface area contributed by atoms with Gasteiger partial charge in [0.05, 0.1) is 17.3 Å². The van der Waals surface area contributed by atoms with Crippen molar-refractivity contribution < 1.29 is 14.4 Å². The number of anilines is 2. The van der Waals surface area contributed by atoms with Gasteiger partial charge in [-0.2, -0.15) is 0 Å². The molecule has 5 amide bonds. The largest absolute Gasteiger partial charge is 0.397 e. The standard InChI is InChI=1S/C31H42ClN7O3S/c1-20-16-21(17-25(32)27(20)33)18-26(29(40)37-11-4-23(5-12-37)36-9-2-3-10-36)34-30(41)38-13-6-24(7-14-38)39-19-22-8-15-43-28(22)35-31(39)42/h8,15-17,23-24,26H,2-7,9-14,18-19,33H2,1H3,(H,34,41)(H,35,42)/t26-/m1/s1. The minimum Gasteiger partial charge on any atom is -0.397 e. The first-order valence-electron chi connectivity index (χ1n) is 15.5. The summed E-state index contributed by atoms with van der Waals surface area (Å²) in [5, 5.41) is 9.45. The number of rotatable bonds is 6. The van der Waals surface area contributed by atoms with Crippen molar-refractivity contribution >= 4 is 51.6 Å². The maximum atomic E-state index is 13.9. The molecule has 0 radical (unpaired) electrons. The van der Waals surface area contributed by atoms with E-state index in [1.807, 2.05) is 28.2 Å². The number of piperidine rings is 2. The van der Waals surface area contributed by atoms with Gasteiger partial charge in [0.15, 0.2) is 0 Å². The van der Waals surface area contributed by atoms with E-state index in [1.54, 1.807) is 22.3 Å². The van der Waals surface area contributed by atoms with Gasteiger partial charge in [0.1, 0.15) is 11.0 Å². The molecule has 3 fully saturated rings. The molecule has 10 nitrogen and oxygen atoms in total. The Balaban J connectivity index is 1.10. The molecule has 0 spiro atoms. The monoisotopic (exact) mass is 627 g/mol. The second kappa shape index (κ2) is 12.9. The lowest BCUT2D eigenvalue weighted by Crippen LogP contribution is -2.57. The number of carbonyl (C=O) groups excluding carboxylic acids is 3. The van der Waals surface area contributed by atoms with Crippen LogP contribution in [0, 0.1) is 6.92 Å². The summed E-state index contributed by atoms with van der Waals surface area (Å²) < 4.78 is 0. The van der Waals surface area contributed by atoms with Crippen LogP contribution in [0.5, 0.6) is 0 Å². The highest BCUT2D eigenvalue weighted by molar-refractivity contribution is 7.14. The van der Waals surface area contributed by atoms with Crippen LogP contribution in [-0.4, -0.2) is 95.0 Å². The number of carbonyl (C=O) groups is 3. The molecule has 12 heteroatoms. The highest BCUT2D eigenvalue weighted by Gasteiger charge is 2.36. The molecule has 4 aliphatic heterocycles. The quantitative estimate of drug-likeness (QED) is 0.408. The predicted octanol–water partition coefficient (Wildman–Crippen LogP) is 4.51. The van der Waals surface area contributed by atoms with Gasteiger partial charge < -0.3 is 30.7 Å². The van der Waals surface area contributed by atoms with Crippen LogP contribution in [0.3, 0.4) is 0 Å². The zero-order chi connectivity index (χ0) is 30.1. The van der Waals surface area contributed by atoms with Crippen molar-refractivity contribution in [1.82, 2.24) is 24.9 Å². The van der Waals surface area contributed by atoms with Crippen LogP contribution in [0.2, 0.25) is 5.02 Å². The number of nitrogens with zero attached hydrogens (tertiary/aromatic N) is 4. The fourth-order valence-corrected chi connectivity index (χ4v) is 8.16. The number of nitrogens with one attached hydrogen (secondary N) is 2. The molecule has 1 aromatic carbocycles. The fraction of sp³-hybridized carbons (Fsp3) is 0.581. The van der Waals surface area contributed by atoms with Gasteiger partial charge >= 0.3 is 12.1 Å². The fourth-order valence-electron chi connectivity index (χ4n) is 7.07. The first-order chi connectivity index (χ1) is 20.8. The number of hydrogen-bond acceptors (Lipinski definition) is 6. The Morgan fingerprint density at radius 2 is 1.72 bits per heavy atom. The van der Waals surface area contributed by atoms with Crippen LogP contribution in [-0.2, 0) is 17.8 Å². The average Bonchev–Trinajstić information content (AvgIpc) is 3.71. The van der Waals surface area contributed by atoms with E-state index in [0.29, 0.717) is 68.7 Å². The van der Waals surface area contributed by atoms with Crippen LogP contribution in [0.15, 0.2) is 23.6 Å². The number of halogens is 1. The van der Waals surface area contributed by atoms with Crippen molar-refractivity contribution in [3.63, 3.8) is 0 Å². The molecule has 2 aromatic rings. The summed E-state index contributed by atoms with van der Waals surface area (Å²) in [6.45, 7) is 7.24. The molecule has 5 heterocycles. The van der Waals surface area contributed by atoms with Crippen molar-refractivity contribution in [3.05, 3.63) is 45.3 Å². The van der Waals surface area contributed by atoms with Crippen LogP contribution >= 0.6 is 22.9 Å². The lowest BCUT2D eigenvalue weighted by Gasteiger charge is -2.40. The molecular weight excluding hydrogens is 586 g/mol. The van der Waals surface area contributed by atoms with Crippen molar-refractivity contribution in [2.24, 2.45) is 0 Å². The van der Waals surface area contributed by atoms with Crippen LogP contribution in [0.1, 0.15) is 55.2 Å². The highest BCUT2D eigenvalue weighted by atomic mass is 35.5. The smallest absolute Gasteiger partial charge is 0.323 e. The molecule has 4 aliphatic rings. The summed E-state index contributed by atoms with van der Waals surface area (Å²) >= 11 is 7.94. The van der Waals surface area contributed by atoms with Gasteiger partial charge in [0, 0.05) is 50.2 Å². The van der Waals surface area contributed by atoms with Gasteiger partial charge in [-0.15, -0.1) is 11.3 Å². The number of hydrogen-bond donors (Lipinski definition) is 3. The summed E-state index contributed by atoms with van der Waals surface area (Å²) in [7, 11) is 0. The maximum absolute atomic E-state index is 13.9. The lowest BCUT2D eigenvalue weighted by atomic mass is 9.99. The van der Waals surface area contributed by atoms with Crippen molar-refractivity contribution in [2.45, 2.75) is 76.5 Å². The van der Waals surface area contributed by atoms with E-state index in [9.17, 15) is 14.4 Å². The van der Waals surface area contributed by atoms with Crippen molar-refractivity contribution in [1.29, 1.82) is 0 Å². The Bertz CT molecular complexity index is 1320. The van der Waals surface area contributed by atoms with Gasteiger partial charge in [-0.05, 0) is 87.2 Å². The predicted molar refractivity (Wildman–Crippen MR) is 171 cm³/mol. The van der Waals surface area contributed by atoms with Gasteiger partial charge in [-0.3, -0.25) is 10.1 Å². The first kappa shape index (κ1) is 30.0. The lowest BCUT2D eigenvalue weighted by molar-refractivity contribution is -0.134. The van der Waals surface area contributed by atoms with Crippen LogP contribution in [0.4, 0.5) is 20.3 Å². The van der Waals surface area contributed by atoms with Crippen molar-refractivity contribution in [2.75, 3.05) is 50.3 Å². The number of amides is 5. The third kappa shape index (κ3) is 6.58. The zero-order valence-corrected chi connectivity index (χ0v) is 26.4. The van der Waals surface area contributed by atoms with E-state index in [4.69, 9.17) is 17.3 Å². The molecular formula is C31H42ClN7O3S. The van der Waals surface area contributed by atoms with Gasteiger partial charge in [-0.1, -0.05) is 17.7 Å². The number of nitrogen functional groups attached to an aromatic ring is 1. The van der Waals surface area contributed by atoms with E-state index in [-0.39, 0.29) is 24.0 Å². The summed E-state index contributed by atoms with van der Waals surface area (Å²) in [6, 6.07) is 5.36. The minimum absolute atomic E-state index is 0.0507. The second-order valence-corrected chi connectivity index (χ2v) is 13.7. The highest BCUT2D eigenvalue weighted by Crippen LogP contribution is 2.32. The Hall–Kier alpha value is -3.02. The van der Waals surface area contributed by atoms with Crippen LogP contribution in [0.25, 0.3) is 0 Å². The molecule has 43 heavy (non-hydrogen) atoms. The van der Waals surface area contributed by atoms with Gasteiger partial charge in [0.2, 0.25) is 5.91 Å². The topological polar surface area (TPSA) is 114 Å². The molecule has 0 aliphatic carbocycles. The first-order valence-corrected chi connectivity index (χ1v) is 16.8.